The zero-order valence-corrected chi connectivity index (χ0v) is 20.0. The standard InChI is InChI=1S/C24H32N2O2S2/c1-15-5-7-20(29-15)22(27)25-18-9-11-26(12-10-18)23(28)21-14-16-13-17(24(2,3)4)6-8-19(16)30-21/h5,7,14,17-18H,6,8-13H2,1-4H3,(H,25,27). The Kier molecular flexibility index (Phi) is 6.08. The van der Waals surface area contributed by atoms with Gasteiger partial charge in [0.1, 0.15) is 0 Å². The summed E-state index contributed by atoms with van der Waals surface area (Å²) in [5.41, 5.74) is 1.71. The van der Waals surface area contributed by atoms with Gasteiger partial charge in [-0.1, -0.05) is 20.8 Å². The number of hydrogen-bond acceptors (Lipinski definition) is 4. The monoisotopic (exact) mass is 444 g/mol. The zero-order valence-electron chi connectivity index (χ0n) is 18.4. The van der Waals surface area contributed by atoms with E-state index in [0.717, 1.165) is 40.3 Å². The van der Waals surface area contributed by atoms with Gasteiger partial charge in [-0.2, -0.15) is 0 Å². The van der Waals surface area contributed by atoms with Gasteiger partial charge < -0.3 is 10.2 Å². The fourth-order valence-electron chi connectivity index (χ4n) is 4.56. The van der Waals surface area contributed by atoms with Gasteiger partial charge in [-0.3, -0.25) is 9.59 Å². The molecule has 30 heavy (non-hydrogen) atoms. The van der Waals surface area contributed by atoms with Gasteiger partial charge in [0.2, 0.25) is 0 Å². The zero-order chi connectivity index (χ0) is 21.5. The molecular formula is C24H32N2O2S2. The molecule has 1 aliphatic heterocycles. The van der Waals surface area contributed by atoms with Crippen LogP contribution in [0.2, 0.25) is 0 Å². The highest BCUT2D eigenvalue weighted by atomic mass is 32.1. The van der Waals surface area contributed by atoms with E-state index in [9.17, 15) is 9.59 Å². The molecule has 1 N–H and O–H groups in total. The Morgan fingerprint density at radius 3 is 2.43 bits per heavy atom. The third-order valence-electron chi connectivity index (χ3n) is 6.60. The first-order chi connectivity index (χ1) is 14.2. The van der Waals surface area contributed by atoms with Crippen LogP contribution in [0.5, 0.6) is 0 Å². The van der Waals surface area contributed by atoms with Crippen LogP contribution in [0, 0.1) is 18.3 Å². The summed E-state index contributed by atoms with van der Waals surface area (Å²) in [6, 6.07) is 6.17. The van der Waals surface area contributed by atoms with E-state index in [4.69, 9.17) is 0 Å². The number of carbonyl (C=O) groups is 2. The van der Waals surface area contributed by atoms with E-state index in [1.807, 2.05) is 24.0 Å². The highest BCUT2D eigenvalue weighted by Gasteiger charge is 2.32. The number of thiophene rings is 2. The lowest BCUT2D eigenvalue weighted by atomic mass is 9.72. The Labute approximate surface area is 187 Å². The van der Waals surface area contributed by atoms with E-state index >= 15 is 0 Å². The molecule has 2 aromatic rings. The molecule has 1 saturated heterocycles. The normalized spacial score (nSPS) is 20.1. The van der Waals surface area contributed by atoms with E-state index in [1.54, 1.807) is 11.3 Å². The van der Waals surface area contributed by atoms with Crippen LogP contribution in [0.3, 0.4) is 0 Å². The van der Waals surface area contributed by atoms with E-state index in [-0.39, 0.29) is 17.9 Å². The van der Waals surface area contributed by atoms with Crippen molar-refractivity contribution in [3.8, 4) is 0 Å². The van der Waals surface area contributed by atoms with Crippen LogP contribution >= 0.6 is 22.7 Å². The minimum Gasteiger partial charge on any atom is -0.348 e. The van der Waals surface area contributed by atoms with Crippen molar-refractivity contribution in [2.45, 2.75) is 65.8 Å². The average Bonchev–Trinajstić information content (AvgIpc) is 3.33. The van der Waals surface area contributed by atoms with E-state index < -0.39 is 0 Å². The molecule has 6 heteroatoms. The molecule has 4 rings (SSSR count). The molecule has 4 nitrogen and oxygen atoms in total. The third-order valence-corrected chi connectivity index (χ3v) is 8.82. The van der Waals surface area contributed by atoms with Crippen LogP contribution in [0.15, 0.2) is 18.2 Å². The number of piperidine rings is 1. The Morgan fingerprint density at radius 1 is 1.07 bits per heavy atom. The molecule has 0 aromatic carbocycles. The van der Waals surface area contributed by atoms with Gasteiger partial charge in [0, 0.05) is 28.9 Å². The van der Waals surface area contributed by atoms with Crippen molar-refractivity contribution < 1.29 is 9.59 Å². The molecular weight excluding hydrogens is 412 g/mol. The predicted molar refractivity (Wildman–Crippen MR) is 125 cm³/mol. The summed E-state index contributed by atoms with van der Waals surface area (Å²) in [7, 11) is 0. The number of amides is 2. The summed E-state index contributed by atoms with van der Waals surface area (Å²) in [6.07, 6.45) is 5.06. The summed E-state index contributed by atoms with van der Waals surface area (Å²) in [5.74, 6) is 0.867. The summed E-state index contributed by atoms with van der Waals surface area (Å²) in [6.45, 7) is 10.4. The van der Waals surface area contributed by atoms with Gasteiger partial charge in [0.15, 0.2) is 0 Å². The van der Waals surface area contributed by atoms with Gasteiger partial charge in [-0.05, 0) is 74.1 Å². The predicted octanol–water partition coefficient (Wildman–Crippen LogP) is 5.30. The second-order valence-corrected chi connectivity index (χ2v) is 12.2. The lowest BCUT2D eigenvalue weighted by Gasteiger charge is -2.33. The first-order valence-electron chi connectivity index (χ1n) is 11.0. The maximum Gasteiger partial charge on any atom is 0.263 e. The Bertz CT molecular complexity index is 929. The molecule has 2 aromatic heterocycles. The molecule has 0 saturated carbocycles. The molecule has 2 amide bonds. The van der Waals surface area contributed by atoms with Crippen LogP contribution in [-0.4, -0.2) is 35.8 Å². The molecule has 3 heterocycles. The van der Waals surface area contributed by atoms with Crippen molar-refractivity contribution in [3.05, 3.63) is 43.3 Å². The number of fused-ring (bicyclic) bond motifs is 1. The quantitative estimate of drug-likeness (QED) is 0.698. The Balaban J connectivity index is 1.33. The number of likely N-dealkylation sites (tertiary alicyclic amines) is 1. The maximum absolute atomic E-state index is 13.1. The number of carbonyl (C=O) groups excluding carboxylic acids is 2. The minimum atomic E-state index is 0.0113. The Morgan fingerprint density at radius 2 is 1.80 bits per heavy atom. The molecule has 1 fully saturated rings. The van der Waals surface area contributed by atoms with Crippen LogP contribution in [-0.2, 0) is 12.8 Å². The maximum atomic E-state index is 13.1. The lowest BCUT2D eigenvalue weighted by Crippen LogP contribution is -2.46. The highest BCUT2D eigenvalue weighted by Crippen LogP contribution is 2.40. The lowest BCUT2D eigenvalue weighted by molar-refractivity contribution is 0.0703. The smallest absolute Gasteiger partial charge is 0.263 e. The first-order valence-corrected chi connectivity index (χ1v) is 12.6. The highest BCUT2D eigenvalue weighted by molar-refractivity contribution is 7.14. The first kappa shape index (κ1) is 21.6. The number of nitrogens with zero attached hydrogens (tertiary/aromatic N) is 1. The van der Waals surface area contributed by atoms with E-state index in [1.165, 1.54) is 28.2 Å². The number of nitrogens with one attached hydrogen (secondary N) is 1. The van der Waals surface area contributed by atoms with Crippen LogP contribution in [0.25, 0.3) is 0 Å². The van der Waals surface area contributed by atoms with Gasteiger partial charge >= 0.3 is 0 Å². The van der Waals surface area contributed by atoms with Crippen molar-refractivity contribution in [1.29, 1.82) is 0 Å². The topological polar surface area (TPSA) is 49.4 Å². The van der Waals surface area contributed by atoms with Gasteiger partial charge in [0.25, 0.3) is 11.8 Å². The second-order valence-electron chi connectivity index (χ2n) is 9.82. The van der Waals surface area contributed by atoms with Crippen molar-refractivity contribution in [1.82, 2.24) is 10.2 Å². The van der Waals surface area contributed by atoms with Crippen LogP contribution in [0.1, 0.15) is 74.7 Å². The van der Waals surface area contributed by atoms with Gasteiger partial charge in [0.05, 0.1) is 9.75 Å². The summed E-state index contributed by atoms with van der Waals surface area (Å²) >= 11 is 3.23. The second kappa shape index (κ2) is 8.46. The summed E-state index contributed by atoms with van der Waals surface area (Å²) < 4.78 is 0. The minimum absolute atomic E-state index is 0.0113. The third kappa shape index (κ3) is 4.65. The average molecular weight is 445 g/mol. The number of aryl methyl sites for hydroxylation is 2. The largest absolute Gasteiger partial charge is 0.348 e. The molecule has 162 valence electrons. The molecule has 1 unspecified atom stereocenters. The van der Waals surface area contributed by atoms with E-state index in [2.05, 4.69) is 32.2 Å². The van der Waals surface area contributed by atoms with Crippen LogP contribution < -0.4 is 5.32 Å². The molecule has 0 bridgehead atoms. The molecule has 2 aliphatic rings. The summed E-state index contributed by atoms with van der Waals surface area (Å²) in [5, 5.41) is 3.14. The van der Waals surface area contributed by atoms with Crippen molar-refractivity contribution in [3.63, 3.8) is 0 Å². The van der Waals surface area contributed by atoms with Crippen LogP contribution in [0.4, 0.5) is 0 Å². The fraction of sp³-hybridized carbons (Fsp3) is 0.583. The Hall–Kier alpha value is -1.66. The van der Waals surface area contributed by atoms with Gasteiger partial charge in [-0.25, -0.2) is 0 Å². The fourth-order valence-corrected chi connectivity index (χ4v) is 6.51. The van der Waals surface area contributed by atoms with Crippen molar-refractivity contribution in [2.24, 2.45) is 11.3 Å². The van der Waals surface area contributed by atoms with E-state index in [0.29, 0.717) is 24.4 Å². The molecule has 0 spiro atoms. The SMILES string of the molecule is Cc1ccc(C(=O)NC2CCN(C(=O)c3cc4c(s3)CCC(C(C)(C)C)C4)CC2)s1. The number of rotatable bonds is 3. The van der Waals surface area contributed by atoms with Gasteiger partial charge in [-0.15, -0.1) is 22.7 Å². The van der Waals surface area contributed by atoms with Crippen molar-refractivity contribution >= 4 is 34.5 Å². The number of hydrogen-bond donors (Lipinski definition) is 1. The van der Waals surface area contributed by atoms with Crippen molar-refractivity contribution in [2.75, 3.05) is 13.1 Å². The molecule has 1 aliphatic carbocycles. The molecule has 0 radical (unpaired) electrons. The summed E-state index contributed by atoms with van der Waals surface area (Å²) in [4.78, 5) is 31.7. The molecule has 1 atom stereocenters.